The van der Waals surface area contributed by atoms with Crippen LogP contribution in [0.15, 0.2) is 83.5 Å². The smallest absolute Gasteiger partial charge is 0.430 e. The highest BCUT2D eigenvalue weighted by atomic mass is 19.4. The number of alkyl halides is 6. The molecule has 204 valence electrons. The summed E-state index contributed by atoms with van der Waals surface area (Å²) in [6.45, 7) is 2.26. The molecule has 4 nitrogen and oxygen atoms in total. The summed E-state index contributed by atoms with van der Waals surface area (Å²) >= 11 is 0. The molecule has 5 rings (SSSR count). The summed E-state index contributed by atoms with van der Waals surface area (Å²) in [5, 5.41) is 9.76. The molecule has 0 radical (unpaired) electrons. The van der Waals surface area contributed by atoms with Crippen molar-refractivity contribution in [2.75, 3.05) is 11.4 Å². The Morgan fingerprint density at radius 1 is 0.872 bits per heavy atom. The van der Waals surface area contributed by atoms with Gasteiger partial charge < -0.3 is 14.4 Å². The lowest BCUT2D eigenvalue weighted by molar-refractivity contribution is -0.376. The van der Waals surface area contributed by atoms with Gasteiger partial charge in [-0.05, 0) is 48.2 Å². The van der Waals surface area contributed by atoms with Crippen LogP contribution in [-0.2, 0) is 18.4 Å². The lowest BCUT2D eigenvalue weighted by atomic mass is 9.90. The van der Waals surface area contributed by atoms with Crippen molar-refractivity contribution in [3.63, 3.8) is 0 Å². The van der Waals surface area contributed by atoms with Crippen molar-refractivity contribution in [3.8, 4) is 22.6 Å². The topological polar surface area (TPSA) is 49.5 Å². The van der Waals surface area contributed by atoms with Crippen LogP contribution >= 0.6 is 0 Å². The number of benzene rings is 3. The van der Waals surface area contributed by atoms with Crippen molar-refractivity contribution in [3.05, 3.63) is 95.9 Å². The first kappa shape index (κ1) is 26.8. The van der Waals surface area contributed by atoms with Crippen molar-refractivity contribution in [1.82, 2.24) is 4.98 Å². The van der Waals surface area contributed by atoms with E-state index in [2.05, 4.69) is 4.98 Å². The summed E-state index contributed by atoms with van der Waals surface area (Å²) < 4.78 is 85.6. The molecule has 39 heavy (non-hydrogen) atoms. The Kier molecular flexibility index (Phi) is 6.70. The van der Waals surface area contributed by atoms with Crippen LogP contribution in [0.5, 0.6) is 0 Å². The molecule has 0 fully saturated rings. The lowest BCUT2D eigenvalue weighted by Crippen LogP contribution is -2.53. The standard InChI is InChI=1S/C29H24F6N2O2/c1-18-15-22-16-23(27(38,28(30,31)32)29(33,34)35)11-12-25(22)37(18)14-13-24-17-39-26(36-24)21-9-7-20(8-10-21)19-5-3-2-4-6-19/h2-12,16-18,38H,13-15H2,1H3. The first-order valence-corrected chi connectivity index (χ1v) is 12.2. The fraction of sp³-hybridized carbons (Fsp3) is 0.276. The molecule has 0 saturated carbocycles. The van der Waals surface area contributed by atoms with Crippen molar-refractivity contribution >= 4 is 5.69 Å². The normalized spacial score (nSPS) is 16.0. The average Bonchev–Trinajstić information content (AvgIpc) is 3.49. The Hall–Kier alpha value is -3.79. The van der Waals surface area contributed by atoms with Gasteiger partial charge in [-0.15, -0.1) is 0 Å². The number of rotatable bonds is 6. The number of hydrogen-bond donors (Lipinski definition) is 1. The molecule has 0 spiro atoms. The summed E-state index contributed by atoms with van der Waals surface area (Å²) in [6.07, 6.45) is -9.61. The van der Waals surface area contributed by atoms with E-state index >= 15 is 0 Å². The minimum atomic E-state index is -5.92. The molecule has 3 aromatic carbocycles. The molecule has 1 atom stereocenters. The molecule has 0 aliphatic carbocycles. The van der Waals surface area contributed by atoms with E-state index in [9.17, 15) is 31.4 Å². The van der Waals surface area contributed by atoms with Gasteiger partial charge in [0.1, 0.15) is 6.26 Å². The first-order chi connectivity index (χ1) is 18.4. The van der Waals surface area contributed by atoms with Gasteiger partial charge in [0.2, 0.25) is 5.89 Å². The van der Waals surface area contributed by atoms with Crippen molar-refractivity contribution in [2.45, 2.75) is 43.8 Å². The third-order valence-electron chi connectivity index (χ3n) is 7.07. The van der Waals surface area contributed by atoms with Gasteiger partial charge in [0.05, 0.1) is 5.69 Å². The highest BCUT2D eigenvalue weighted by Crippen LogP contribution is 2.51. The Bertz CT molecular complexity index is 1430. The molecular formula is C29H24F6N2O2. The molecule has 0 bridgehead atoms. The van der Waals surface area contributed by atoms with E-state index in [0.29, 0.717) is 41.9 Å². The molecule has 1 aromatic heterocycles. The number of halogens is 6. The summed E-state index contributed by atoms with van der Waals surface area (Å²) in [4.78, 5) is 6.45. The van der Waals surface area contributed by atoms with E-state index in [1.54, 1.807) is 0 Å². The first-order valence-electron chi connectivity index (χ1n) is 12.2. The van der Waals surface area contributed by atoms with Gasteiger partial charge in [-0.3, -0.25) is 0 Å². The highest BCUT2D eigenvalue weighted by molar-refractivity contribution is 5.67. The van der Waals surface area contributed by atoms with E-state index in [-0.39, 0.29) is 12.5 Å². The van der Waals surface area contributed by atoms with E-state index in [0.717, 1.165) is 22.8 Å². The van der Waals surface area contributed by atoms with Gasteiger partial charge in [0.15, 0.2) is 0 Å². The van der Waals surface area contributed by atoms with Crippen LogP contribution in [0.3, 0.4) is 0 Å². The number of aliphatic hydroxyl groups is 1. The minimum Gasteiger partial charge on any atom is -0.444 e. The molecule has 1 unspecified atom stereocenters. The zero-order valence-corrected chi connectivity index (χ0v) is 20.7. The summed E-state index contributed by atoms with van der Waals surface area (Å²) in [5.41, 5.74) is -1.74. The van der Waals surface area contributed by atoms with Crippen molar-refractivity contribution < 1.29 is 35.9 Å². The number of anilines is 1. The van der Waals surface area contributed by atoms with Crippen LogP contribution < -0.4 is 4.90 Å². The van der Waals surface area contributed by atoms with Gasteiger partial charge in [-0.1, -0.05) is 54.6 Å². The van der Waals surface area contributed by atoms with Crippen molar-refractivity contribution in [2.24, 2.45) is 0 Å². The number of fused-ring (bicyclic) bond motifs is 1. The maximum atomic E-state index is 13.3. The van der Waals surface area contributed by atoms with Gasteiger partial charge in [-0.2, -0.15) is 26.3 Å². The molecule has 1 N–H and O–H groups in total. The van der Waals surface area contributed by atoms with Gasteiger partial charge in [0, 0.05) is 35.8 Å². The molecule has 1 aliphatic rings. The average molecular weight is 547 g/mol. The Morgan fingerprint density at radius 3 is 2.13 bits per heavy atom. The predicted octanol–water partition coefficient (Wildman–Crippen LogP) is 7.31. The summed E-state index contributed by atoms with van der Waals surface area (Å²) in [6, 6.07) is 20.2. The number of hydrogen-bond acceptors (Lipinski definition) is 4. The monoisotopic (exact) mass is 546 g/mol. The Balaban J connectivity index is 1.30. The highest BCUT2D eigenvalue weighted by Gasteiger charge is 2.71. The quantitative estimate of drug-likeness (QED) is 0.258. The SMILES string of the molecule is CC1Cc2cc(C(O)(C(F)(F)F)C(F)(F)F)ccc2N1CCc1coc(-c2ccc(-c3ccccc3)cc2)n1. The molecule has 0 saturated heterocycles. The third kappa shape index (κ3) is 4.89. The maximum Gasteiger partial charge on any atom is 0.430 e. The van der Waals surface area contributed by atoms with Crippen LogP contribution in [-0.4, -0.2) is 35.0 Å². The second-order valence-electron chi connectivity index (χ2n) is 9.63. The van der Waals surface area contributed by atoms with Crippen LogP contribution in [0.1, 0.15) is 23.7 Å². The van der Waals surface area contributed by atoms with E-state index in [1.807, 2.05) is 66.4 Å². The zero-order valence-electron chi connectivity index (χ0n) is 20.7. The second-order valence-corrected chi connectivity index (χ2v) is 9.63. The fourth-order valence-corrected chi connectivity index (χ4v) is 4.97. The van der Waals surface area contributed by atoms with E-state index in [4.69, 9.17) is 4.42 Å². The third-order valence-corrected chi connectivity index (χ3v) is 7.07. The largest absolute Gasteiger partial charge is 0.444 e. The Labute approximate surface area is 220 Å². The molecule has 10 heteroatoms. The molecule has 2 heterocycles. The zero-order chi connectivity index (χ0) is 28.0. The fourth-order valence-electron chi connectivity index (χ4n) is 4.97. The lowest BCUT2D eigenvalue weighted by Gasteiger charge is -2.33. The van der Waals surface area contributed by atoms with Crippen LogP contribution in [0, 0.1) is 0 Å². The minimum absolute atomic E-state index is 0.169. The Morgan fingerprint density at radius 2 is 1.49 bits per heavy atom. The van der Waals surface area contributed by atoms with Crippen molar-refractivity contribution in [1.29, 1.82) is 0 Å². The van der Waals surface area contributed by atoms with Gasteiger partial charge >= 0.3 is 12.4 Å². The summed E-state index contributed by atoms with van der Waals surface area (Å²) in [7, 11) is 0. The van der Waals surface area contributed by atoms with E-state index in [1.165, 1.54) is 12.3 Å². The van der Waals surface area contributed by atoms with Gasteiger partial charge in [-0.25, -0.2) is 4.98 Å². The number of nitrogens with zero attached hydrogens (tertiary/aromatic N) is 2. The number of aromatic nitrogens is 1. The molecule has 4 aromatic rings. The molecule has 1 aliphatic heterocycles. The number of oxazole rings is 1. The molecular weight excluding hydrogens is 522 g/mol. The van der Waals surface area contributed by atoms with E-state index < -0.39 is 23.5 Å². The predicted molar refractivity (Wildman–Crippen MR) is 134 cm³/mol. The van der Waals surface area contributed by atoms with Crippen LogP contribution in [0.4, 0.5) is 32.0 Å². The maximum absolute atomic E-state index is 13.3. The van der Waals surface area contributed by atoms with Crippen LogP contribution in [0.2, 0.25) is 0 Å². The van der Waals surface area contributed by atoms with Gasteiger partial charge in [0.25, 0.3) is 5.60 Å². The van der Waals surface area contributed by atoms with Crippen LogP contribution in [0.25, 0.3) is 22.6 Å². The molecule has 0 amide bonds. The summed E-state index contributed by atoms with van der Waals surface area (Å²) in [5.74, 6) is 0.447. The second kappa shape index (κ2) is 9.75.